The van der Waals surface area contributed by atoms with E-state index < -0.39 is 11.4 Å². The van der Waals surface area contributed by atoms with E-state index in [-0.39, 0.29) is 11.5 Å². The van der Waals surface area contributed by atoms with E-state index >= 15 is 0 Å². The largest absolute Gasteiger partial charge is 0.382 e. The number of nitrogens with zero attached hydrogens (tertiary/aromatic N) is 6. The second-order valence-electron chi connectivity index (χ2n) is 9.21. The molecule has 0 radical (unpaired) electrons. The first-order chi connectivity index (χ1) is 17.7. The zero-order valence-corrected chi connectivity index (χ0v) is 20.6. The third-order valence-electron chi connectivity index (χ3n) is 6.11. The van der Waals surface area contributed by atoms with Crippen LogP contribution in [-0.2, 0) is 12.6 Å². The maximum atomic E-state index is 13.5. The van der Waals surface area contributed by atoms with Crippen LogP contribution >= 0.6 is 0 Å². The van der Waals surface area contributed by atoms with Crippen LogP contribution in [0.1, 0.15) is 35.5 Å². The van der Waals surface area contributed by atoms with Crippen LogP contribution < -0.4 is 11.1 Å². The summed E-state index contributed by atoms with van der Waals surface area (Å²) in [5.74, 6) is -0.487. The Labute approximate surface area is 213 Å². The molecule has 5 aromatic rings. The molecule has 37 heavy (non-hydrogen) atoms. The fraction of sp³-hybridized carbons (Fsp3) is 0.143. The lowest BCUT2D eigenvalue weighted by molar-refractivity contribution is 0.0907. The van der Waals surface area contributed by atoms with Crippen molar-refractivity contribution in [1.29, 1.82) is 5.26 Å². The molecule has 0 atom stereocenters. The number of carbonyl (C=O) groups is 1. The SMILES string of the molecule is Cn1ccc(-c2nc(N)c(C(=O)NC(C)(C)c3cccc(C#N)c3)nc2-c2ccc3ncccc3c2)n1. The molecular weight excluding hydrogens is 464 g/mol. The highest BCUT2D eigenvalue weighted by Crippen LogP contribution is 2.32. The molecule has 0 aliphatic carbocycles. The number of hydrogen-bond acceptors (Lipinski definition) is 7. The number of carbonyl (C=O) groups excluding carboxylic acids is 1. The normalized spacial score (nSPS) is 11.3. The van der Waals surface area contributed by atoms with Gasteiger partial charge in [-0.3, -0.25) is 14.5 Å². The van der Waals surface area contributed by atoms with E-state index in [1.807, 2.05) is 63.4 Å². The highest BCUT2D eigenvalue weighted by molar-refractivity contribution is 5.98. The predicted molar refractivity (Wildman–Crippen MR) is 141 cm³/mol. The molecule has 9 heteroatoms. The quantitative estimate of drug-likeness (QED) is 0.378. The van der Waals surface area contributed by atoms with Crippen molar-refractivity contribution in [2.75, 3.05) is 5.73 Å². The standard InChI is InChI=1S/C28H24N8O/c1-28(2,20-8-4-6-17(14-20)16-29)34-27(37)25-26(30)33-24(22-11-13-36(3)35-22)23(32-25)19-9-10-21-18(15-19)7-5-12-31-21/h4-15H,1-3H3,(H2,30,33)(H,34,37). The molecule has 182 valence electrons. The molecule has 3 heterocycles. The summed E-state index contributed by atoms with van der Waals surface area (Å²) in [6.07, 6.45) is 3.54. The van der Waals surface area contributed by atoms with Crippen molar-refractivity contribution < 1.29 is 4.79 Å². The topological polar surface area (TPSA) is 135 Å². The number of hydrogen-bond donors (Lipinski definition) is 2. The van der Waals surface area contributed by atoms with Crippen LogP contribution in [0.5, 0.6) is 0 Å². The summed E-state index contributed by atoms with van der Waals surface area (Å²) in [4.78, 5) is 27.2. The van der Waals surface area contributed by atoms with E-state index in [1.54, 1.807) is 35.3 Å². The Morgan fingerprint density at radius 2 is 1.89 bits per heavy atom. The number of benzene rings is 2. The van der Waals surface area contributed by atoms with E-state index in [0.717, 1.165) is 22.0 Å². The molecule has 9 nitrogen and oxygen atoms in total. The van der Waals surface area contributed by atoms with Crippen molar-refractivity contribution in [2.45, 2.75) is 19.4 Å². The number of nitrogens with two attached hydrogens (primary N) is 1. The van der Waals surface area contributed by atoms with E-state index in [9.17, 15) is 10.1 Å². The summed E-state index contributed by atoms with van der Waals surface area (Å²) in [6.45, 7) is 3.70. The fourth-order valence-electron chi connectivity index (χ4n) is 4.15. The average molecular weight is 489 g/mol. The zero-order valence-electron chi connectivity index (χ0n) is 20.6. The van der Waals surface area contributed by atoms with Crippen LogP contribution in [0.25, 0.3) is 33.5 Å². The van der Waals surface area contributed by atoms with Crippen molar-refractivity contribution in [3.8, 4) is 28.7 Å². The molecule has 0 unspecified atom stereocenters. The number of aryl methyl sites for hydroxylation is 1. The van der Waals surface area contributed by atoms with Crippen LogP contribution in [-0.4, -0.2) is 30.6 Å². The van der Waals surface area contributed by atoms with E-state index in [2.05, 4.69) is 26.5 Å². The Hall–Kier alpha value is -5.10. The van der Waals surface area contributed by atoms with Gasteiger partial charge in [0.05, 0.1) is 28.4 Å². The Morgan fingerprint density at radius 1 is 1.05 bits per heavy atom. The van der Waals surface area contributed by atoms with Crippen molar-refractivity contribution in [3.63, 3.8) is 0 Å². The Bertz CT molecular complexity index is 1700. The summed E-state index contributed by atoms with van der Waals surface area (Å²) < 4.78 is 1.67. The minimum Gasteiger partial charge on any atom is -0.382 e. The van der Waals surface area contributed by atoms with Gasteiger partial charge in [-0.05, 0) is 55.8 Å². The van der Waals surface area contributed by atoms with E-state index in [1.165, 1.54) is 0 Å². The first-order valence-corrected chi connectivity index (χ1v) is 11.6. The van der Waals surface area contributed by atoms with Crippen LogP contribution in [0, 0.1) is 11.3 Å². The minimum atomic E-state index is -0.799. The summed E-state index contributed by atoms with van der Waals surface area (Å²) >= 11 is 0. The lowest BCUT2D eigenvalue weighted by Gasteiger charge is -2.27. The van der Waals surface area contributed by atoms with E-state index in [0.29, 0.717) is 22.6 Å². The molecule has 1 amide bonds. The Morgan fingerprint density at radius 3 is 2.65 bits per heavy atom. The van der Waals surface area contributed by atoms with Gasteiger partial charge in [0, 0.05) is 30.4 Å². The van der Waals surface area contributed by atoms with Crippen molar-refractivity contribution in [1.82, 2.24) is 30.0 Å². The third kappa shape index (κ3) is 4.60. The molecule has 0 fully saturated rings. The van der Waals surface area contributed by atoms with Crippen LogP contribution in [0.4, 0.5) is 5.82 Å². The Balaban J connectivity index is 1.60. The van der Waals surface area contributed by atoms with Gasteiger partial charge < -0.3 is 11.1 Å². The first kappa shape index (κ1) is 23.6. The van der Waals surface area contributed by atoms with Gasteiger partial charge in [-0.2, -0.15) is 10.4 Å². The molecule has 0 saturated carbocycles. The zero-order chi connectivity index (χ0) is 26.2. The number of rotatable bonds is 5. The molecule has 3 aromatic heterocycles. The molecule has 0 aliphatic heterocycles. The molecular formula is C28H24N8O. The van der Waals surface area contributed by atoms with Gasteiger partial charge in [0.2, 0.25) is 0 Å². The number of fused-ring (bicyclic) bond motifs is 1. The second-order valence-corrected chi connectivity index (χ2v) is 9.21. The number of nitriles is 1. The summed E-state index contributed by atoms with van der Waals surface area (Å²) in [5.41, 5.74) is 9.91. The van der Waals surface area contributed by atoms with Crippen molar-refractivity contribution >= 4 is 22.6 Å². The van der Waals surface area contributed by atoms with Crippen LogP contribution in [0.3, 0.4) is 0 Å². The molecule has 0 bridgehead atoms. The number of aromatic nitrogens is 5. The molecule has 0 aliphatic rings. The van der Waals surface area contributed by atoms with Crippen LogP contribution in [0.2, 0.25) is 0 Å². The summed E-state index contributed by atoms with van der Waals surface area (Å²) in [5, 5.41) is 17.7. The van der Waals surface area contributed by atoms with Crippen molar-refractivity contribution in [2.24, 2.45) is 7.05 Å². The lowest BCUT2D eigenvalue weighted by Crippen LogP contribution is -2.41. The maximum Gasteiger partial charge on any atom is 0.274 e. The van der Waals surface area contributed by atoms with Gasteiger partial charge in [0.15, 0.2) is 11.5 Å². The lowest BCUT2D eigenvalue weighted by atomic mass is 9.92. The summed E-state index contributed by atoms with van der Waals surface area (Å²) in [7, 11) is 1.81. The highest BCUT2D eigenvalue weighted by atomic mass is 16.2. The van der Waals surface area contributed by atoms with Crippen molar-refractivity contribution in [3.05, 3.63) is 89.9 Å². The summed E-state index contributed by atoms with van der Waals surface area (Å²) in [6, 6.07) is 20.6. The fourth-order valence-corrected chi connectivity index (χ4v) is 4.15. The third-order valence-corrected chi connectivity index (χ3v) is 6.11. The predicted octanol–water partition coefficient (Wildman–Crippen LogP) is 4.21. The van der Waals surface area contributed by atoms with Gasteiger partial charge in [0.25, 0.3) is 5.91 Å². The van der Waals surface area contributed by atoms with Gasteiger partial charge in [0.1, 0.15) is 11.4 Å². The van der Waals surface area contributed by atoms with Gasteiger partial charge in [-0.1, -0.05) is 24.3 Å². The first-order valence-electron chi connectivity index (χ1n) is 11.6. The number of nitrogens with one attached hydrogen (secondary N) is 1. The molecule has 3 N–H and O–H groups in total. The van der Waals surface area contributed by atoms with Gasteiger partial charge >= 0.3 is 0 Å². The van der Waals surface area contributed by atoms with E-state index in [4.69, 9.17) is 10.7 Å². The second kappa shape index (κ2) is 9.17. The molecule has 0 spiro atoms. The molecule has 5 rings (SSSR count). The van der Waals surface area contributed by atoms with Gasteiger partial charge in [-0.15, -0.1) is 0 Å². The minimum absolute atomic E-state index is 0.00507. The van der Waals surface area contributed by atoms with Gasteiger partial charge in [-0.25, -0.2) is 9.97 Å². The number of amides is 1. The maximum absolute atomic E-state index is 13.5. The highest BCUT2D eigenvalue weighted by Gasteiger charge is 2.27. The monoisotopic (exact) mass is 488 g/mol. The smallest absolute Gasteiger partial charge is 0.274 e. The molecule has 0 saturated heterocycles. The number of pyridine rings is 1. The number of anilines is 1. The Kier molecular flexibility index (Phi) is 5.85. The average Bonchev–Trinajstić information content (AvgIpc) is 3.34. The molecule has 2 aromatic carbocycles. The number of nitrogen functional groups attached to an aromatic ring is 1. The van der Waals surface area contributed by atoms with Crippen LogP contribution in [0.15, 0.2) is 73.1 Å².